The van der Waals surface area contributed by atoms with Gasteiger partial charge in [-0.3, -0.25) is 0 Å². The zero-order valence-corrected chi connectivity index (χ0v) is 12.3. The first-order valence-corrected chi connectivity index (χ1v) is 8.35. The zero-order chi connectivity index (χ0) is 12.5. The highest BCUT2D eigenvalue weighted by atomic mass is 127. The van der Waals surface area contributed by atoms with Gasteiger partial charge >= 0.3 is 0 Å². The van der Waals surface area contributed by atoms with Gasteiger partial charge in [-0.1, -0.05) is 0 Å². The SMILES string of the molecule is Nc1ccc(NCC2CCS(=O)(=O)C2)c(I)c1. The van der Waals surface area contributed by atoms with Crippen LogP contribution in [0, 0.1) is 9.49 Å². The smallest absolute Gasteiger partial charge is 0.150 e. The maximum absolute atomic E-state index is 11.3. The fraction of sp³-hybridized carbons (Fsp3) is 0.455. The molecule has 6 heteroatoms. The van der Waals surface area contributed by atoms with Crippen LogP contribution in [0.5, 0.6) is 0 Å². The Balaban J connectivity index is 1.95. The number of nitrogen functional groups attached to an aromatic ring is 1. The predicted molar refractivity (Wildman–Crippen MR) is 78.8 cm³/mol. The molecule has 0 radical (unpaired) electrons. The predicted octanol–water partition coefficient (Wildman–Crippen LogP) is 1.72. The van der Waals surface area contributed by atoms with Gasteiger partial charge in [0, 0.05) is 21.5 Å². The summed E-state index contributed by atoms with van der Waals surface area (Å²) in [6.45, 7) is 0.707. The van der Waals surface area contributed by atoms with Crippen molar-refractivity contribution in [3.63, 3.8) is 0 Å². The van der Waals surface area contributed by atoms with Crippen molar-refractivity contribution in [1.82, 2.24) is 0 Å². The Morgan fingerprint density at radius 2 is 2.24 bits per heavy atom. The first kappa shape index (κ1) is 12.9. The van der Waals surface area contributed by atoms with Crippen LogP contribution in [0.2, 0.25) is 0 Å². The van der Waals surface area contributed by atoms with Crippen LogP contribution in [0.3, 0.4) is 0 Å². The molecular weight excluding hydrogens is 351 g/mol. The zero-order valence-electron chi connectivity index (χ0n) is 9.32. The third-order valence-electron chi connectivity index (χ3n) is 2.90. The molecule has 17 heavy (non-hydrogen) atoms. The average Bonchev–Trinajstić information content (AvgIpc) is 2.57. The highest BCUT2D eigenvalue weighted by molar-refractivity contribution is 14.1. The molecule has 1 aromatic carbocycles. The van der Waals surface area contributed by atoms with Crippen LogP contribution in [-0.4, -0.2) is 26.5 Å². The van der Waals surface area contributed by atoms with Crippen molar-refractivity contribution >= 4 is 43.8 Å². The third kappa shape index (κ3) is 3.48. The lowest BCUT2D eigenvalue weighted by atomic mass is 10.1. The van der Waals surface area contributed by atoms with E-state index in [2.05, 4.69) is 27.9 Å². The van der Waals surface area contributed by atoms with Crippen molar-refractivity contribution in [1.29, 1.82) is 0 Å². The molecule has 1 aromatic rings. The summed E-state index contributed by atoms with van der Waals surface area (Å²) in [5, 5.41) is 3.29. The summed E-state index contributed by atoms with van der Waals surface area (Å²) < 4.78 is 23.7. The highest BCUT2D eigenvalue weighted by Gasteiger charge is 2.27. The monoisotopic (exact) mass is 366 g/mol. The van der Waals surface area contributed by atoms with E-state index < -0.39 is 9.84 Å². The molecule has 1 aliphatic rings. The minimum atomic E-state index is -2.78. The highest BCUT2D eigenvalue weighted by Crippen LogP contribution is 2.23. The largest absolute Gasteiger partial charge is 0.399 e. The lowest BCUT2D eigenvalue weighted by Gasteiger charge is -2.12. The Hall–Kier alpha value is -0.500. The number of rotatable bonds is 3. The van der Waals surface area contributed by atoms with E-state index in [0.717, 1.165) is 21.4 Å². The lowest BCUT2D eigenvalue weighted by Crippen LogP contribution is -2.16. The van der Waals surface area contributed by atoms with E-state index >= 15 is 0 Å². The van der Waals surface area contributed by atoms with Crippen LogP contribution in [0.1, 0.15) is 6.42 Å². The van der Waals surface area contributed by atoms with Gasteiger partial charge in [0.05, 0.1) is 11.5 Å². The van der Waals surface area contributed by atoms with Gasteiger partial charge in [-0.05, 0) is 53.1 Å². The van der Waals surface area contributed by atoms with Gasteiger partial charge in [0.1, 0.15) is 0 Å². The van der Waals surface area contributed by atoms with Gasteiger partial charge < -0.3 is 11.1 Å². The Labute approximate surface area is 115 Å². The summed E-state index contributed by atoms with van der Waals surface area (Å²) >= 11 is 2.22. The molecule has 1 saturated heterocycles. The van der Waals surface area contributed by atoms with Gasteiger partial charge in [-0.2, -0.15) is 0 Å². The average molecular weight is 366 g/mol. The minimum Gasteiger partial charge on any atom is -0.399 e. The molecule has 3 N–H and O–H groups in total. The molecule has 0 aromatic heterocycles. The number of anilines is 2. The standard InChI is InChI=1S/C11H15IN2O2S/c12-10-5-9(13)1-2-11(10)14-6-8-3-4-17(15,16)7-8/h1-2,5,8,14H,3-4,6-7,13H2. The summed E-state index contributed by atoms with van der Waals surface area (Å²) in [5.74, 6) is 0.873. The van der Waals surface area contributed by atoms with E-state index in [4.69, 9.17) is 5.73 Å². The molecule has 1 fully saturated rings. The Bertz CT molecular complexity index is 516. The number of hydrogen-bond acceptors (Lipinski definition) is 4. The van der Waals surface area contributed by atoms with E-state index in [0.29, 0.717) is 18.1 Å². The summed E-state index contributed by atoms with van der Waals surface area (Å²) in [6, 6.07) is 5.67. The van der Waals surface area contributed by atoms with Crippen molar-refractivity contribution in [2.24, 2.45) is 5.92 Å². The molecule has 0 aliphatic carbocycles. The maximum Gasteiger partial charge on any atom is 0.150 e. The Morgan fingerprint density at radius 1 is 1.47 bits per heavy atom. The molecule has 1 heterocycles. The number of nitrogens with one attached hydrogen (secondary N) is 1. The maximum atomic E-state index is 11.3. The van der Waals surface area contributed by atoms with E-state index in [1.807, 2.05) is 18.2 Å². The topological polar surface area (TPSA) is 72.2 Å². The number of halogens is 1. The first-order chi connectivity index (χ1) is 7.96. The molecular formula is C11H15IN2O2S. The minimum absolute atomic E-state index is 0.230. The first-order valence-electron chi connectivity index (χ1n) is 5.45. The van der Waals surface area contributed by atoms with Gasteiger partial charge in [0.25, 0.3) is 0 Å². The van der Waals surface area contributed by atoms with E-state index in [9.17, 15) is 8.42 Å². The summed E-state index contributed by atoms with van der Waals surface area (Å²) in [7, 11) is -2.78. The van der Waals surface area contributed by atoms with E-state index in [1.165, 1.54) is 0 Å². The van der Waals surface area contributed by atoms with Crippen LogP contribution < -0.4 is 11.1 Å². The van der Waals surface area contributed by atoms with Crippen LogP contribution in [-0.2, 0) is 9.84 Å². The van der Waals surface area contributed by atoms with Crippen LogP contribution in [0.15, 0.2) is 18.2 Å². The molecule has 1 unspecified atom stereocenters. The molecule has 1 atom stereocenters. The molecule has 0 saturated carbocycles. The number of sulfone groups is 1. The summed E-state index contributed by atoms with van der Waals surface area (Å²) in [4.78, 5) is 0. The molecule has 0 spiro atoms. The second-order valence-corrected chi connectivity index (χ2v) is 7.78. The molecule has 2 rings (SSSR count). The second kappa shape index (κ2) is 5.01. The van der Waals surface area contributed by atoms with Crippen LogP contribution >= 0.6 is 22.6 Å². The number of nitrogens with two attached hydrogens (primary N) is 1. The normalized spacial score (nSPS) is 22.5. The quantitative estimate of drug-likeness (QED) is 0.631. The van der Waals surface area contributed by atoms with Crippen molar-refractivity contribution < 1.29 is 8.42 Å². The van der Waals surface area contributed by atoms with Crippen molar-refractivity contribution in [2.45, 2.75) is 6.42 Å². The fourth-order valence-corrected chi connectivity index (χ4v) is 4.55. The molecule has 4 nitrogen and oxygen atoms in total. The van der Waals surface area contributed by atoms with Crippen LogP contribution in [0.4, 0.5) is 11.4 Å². The van der Waals surface area contributed by atoms with Crippen molar-refractivity contribution in [2.75, 3.05) is 29.1 Å². The number of benzene rings is 1. The fourth-order valence-electron chi connectivity index (χ4n) is 1.96. The number of hydrogen-bond donors (Lipinski definition) is 2. The molecule has 94 valence electrons. The molecule has 0 amide bonds. The van der Waals surface area contributed by atoms with Gasteiger partial charge in [0.15, 0.2) is 9.84 Å². The third-order valence-corrected chi connectivity index (χ3v) is 5.63. The van der Waals surface area contributed by atoms with Crippen molar-refractivity contribution in [3.05, 3.63) is 21.8 Å². The Morgan fingerprint density at radius 3 is 2.82 bits per heavy atom. The summed E-state index contributed by atoms with van der Waals surface area (Å²) in [5.41, 5.74) is 7.43. The van der Waals surface area contributed by atoms with Crippen LogP contribution in [0.25, 0.3) is 0 Å². The molecule has 1 aliphatic heterocycles. The summed E-state index contributed by atoms with van der Waals surface area (Å²) in [6.07, 6.45) is 0.765. The van der Waals surface area contributed by atoms with Gasteiger partial charge in [0.2, 0.25) is 0 Å². The Kier molecular flexibility index (Phi) is 3.82. The van der Waals surface area contributed by atoms with Gasteiger partial charge in [-0.15, -0.1) is 0 Å². The molecule has 0 bridgehead atoms. The van der Waals surface area contributed by atoms with Gasteiger partial charge in [-0.25, -0.2) is 8.42 Å². The van der Waals surface area contributed by atoms with E-state index in [1.54, 1.807) is 0 Å². The second-order valence-electron chi connectivity index (χ2n) is 4.39. The van der Waals surface area contributed by atoms with Crippen molar-refractivity contribution in [3.8, 4) is 0 Å². The lowest BCUT2D eigenvalue weighted by molar-refractivity contribution is 0.596. The van der Waals surface area contributed by atoms with E-state index in [-0.39, 0.29) is 5.92 Å².